The summed E-state index contributed by atoms with van der Waals surface area (Å²) in [4.78, 5) is 6.62. The minimum atomic E-state index is 0.195. The van der Waals surface area contributed by atoms with E-state index in [0.717, 1.165) is 45.4 Å². The lowest BCUT2D eigenvalue weighted by Gasteiger charge is -2.08. The third-order valence-electron chi connectivity index (χ3n) is 5.11. The van der Waals surface area contributed by atoms with Gasteiger partial charge in [0.2, 0.25) is 5.96 Å². The molecule has 7 nitrogen and oxygen atoms in total. The number of ether oxygens (including phenoxy) is 1. The number of methoxy groups -OCH3 is 1. The highest BCUT2D eigenvalue weighted by Gasteiger charge is 2.15. The van der Waals surface area contributed by atoms with E-state index in [2.05, 4.69) is 34.4 Å². The summed E-state index contributed by atoms with van der Waals surface area (Å²) in [5, 5.41) is 13.5. The minimum absolute atomic E-state index is 0.195. The average Bonchev–Trinajstić information content (AvgIpc) is 3.28. The van der Waals surface area contributed by atoms with Crippen molar-refractivity contribution >= 4 is 40.2 Å². The molecular formula is C22H25N6O+. The van der Waals surface area contributed by atoms with Crippen molar-refractivity contribution in [2.24, 2.45) is 0 Å². The molecule has 148 valence electrons. The lowest BCUT2D eigenvalue weighted by atomic mass is 10.1. The number of H-pyrrole nitrogens is 2. The molecule has 2 aromatic heterocycles. The lowest BCUT2D eigenvalue weighted by Crippen LogP contribution is -2.41. The quantitative estimate of drug-likeness (QED) is 0.151. The molecule has 2 heterocycles. The van der Waals surface area contributed by atoms with Gasteiger partial charge < -0.3 is 20.0 Å². The molecule has 2 aromatic carbocycles. The molecule has 0 amide bonds. The molecule has 0 aliphatic heterocycles. The molecular weight excluding hydrogens is 364 g/mol. The van der Waals surface area contributed by atoms with Crippen molar-refractivity contribution in [2.75, 3.05) is 13.7 Å². The molecule has 29 heavy (non-hydrogen) atoms. The van der Waals surface area contributed by atoms with Crippen LogP contribution >= 0.6 is 0 Å². The van der Waals surface area contributed by atoms with E-state index in [4.69, 9.17) is 10.1 Å². The van der Waals surface area contributed by atoms with Crippen molar-refractivity contribution in [3.8, 4) is 5.75 Å². The molecule has 4 rings (SSSR count). The summed E-state index contributed by atoms with van der Waals surface area (Å²) in [6.45, 7) is 6.70. The minimum Gasteiger partial charge on any atom is -0.497 e. The Labute approximate surface area is 168 Å². The molecule has 0 aliphatic rings. The van der Waals surface area contributed by atoms with E-state index >= 15 is 0 Å². The van der Waals surface area contributed by atoms with Crippen LogP contribution in [0, 0.1) is 12.3 Å². The molecule has 0 saturated heterocycles. The number of aromatic amines is 2. The molecule has 0 saturated carbocycles. The molecule has 7 heteroatoms. The summed E-state index contributed by atoms with van der Waals surface area (Å²) < 4.78 is 6.94. The zero-order valence-electron chi connectivity index (χ0n) is 16.6. The SMILES string of the molecule is C=[N+](NC(=N)NCCc1c(C)[nH]c2ccc(OC)cc12)c1c[nH]c2ccccc12. The molecule has 0 radical (unpaired) electrons. The second-order valence-corrected chi connectivity index (χ2v) is 6.95. The van der Waals surface area contributed by atoms with Gasteiger partial charge in [-0.3, -0.25) is 5.41 Å². The second kappa shape index (κ2) is 7.71. The third kappa shape index (κ3) is 3.67. The van der Waals surface area contributed by atoms with Gasteiger partial charge >= 0.3 is 0 Å². The number of guanidine groups is 1. The number of benzene rings is 2. The smallest absolute Gasteiger partial charge is 0.260 e. The van der Waals surface area contributed by atoms with Gasteiger partial charge in [-0.1, -0.05) is 16.8 Å². The molecule has 0 bridgehead atoms. The summed E-state index contributed by atoms with van der Waals surface area (Å²) >= 11 is 0. The Bertz CT molecular complexity index is 1200. The maximum atomic E-state index is 8.20. The first-order chi connectivity index (χ1) is 14.1. The van der Waals surface area contributed by atoms with Crippen LogP contribution in [0.5, 0.6) is 5.75 Å². The van der Waals surface area contributed by atoms with Crippen LogP contribution < -0.4 is 15.5 Å². The summed E-state index contributed by atoms with van der Waals surface area (Å²) in [6, 6.07) is 14.0. The van der Waals surface area contributed by atoms with Crippen LogP contribution in [-0.2, 0) is 6.42 Å². The topological polar surface area (TPSA) is 91.7 Å². The normalized spacial score (nSPS) is 11.0. The molecule has 5 N–H and O–H groups in total. The average molecular weight is 389 g/mol. The Kier molecular flexibility index (Phi) is 4.95. The van der Waals surface area contributed by atoms with E-state index in [0.29, 0.717) is 6.54 Å². The number of hydrogen-bond donors (Lipinski definition) is 5. The Morgan fingerprint density at radius 3 is 2.83 bits per heavy atom. The number of nitrogens with zero attached hydrogens (tertiary/aromatic N) is 1. The van der Waals surface area contributed by atoms with E-state index in [9.17, 15) is 0 Å². The zero-order chi connectivity index (χ0) is 20.4. The van der Waals surface area contributed by atoms with Crippen LogP contribution in [0.25, 0.3) is 21.8 Å². The number of hydrazine groups is 1. The largest absolute Gasteiger partial charge is 0.497 e. The first-order valence-electron chi connectivity index (χ1n) is 9.48. The molecule has 0 fully saturated rings. The predicted octanol–water partition coefficient (Wildman–Crippen LogP) is 3.58. The van der Waals surface area contributed by atoms with Gasteiger partial charge in [-0.2, -0.15) is 0 Å². The highest BCUT2D eigenvalue weighted by Crippen LogP contribution is 2.26. The predicted molar refractivity (Wildman–Crippen MR) is 117 cm³/mol. The van der Waals surface area contributed by atoms with Gasteiger partial charge in [-0.15, -0.1) is 5.43 Å². The first-order valence-corrected chi connectivity index (χ1v) is 9.48. The molecule has 4 aromatic rings. The van der Waals surface area contributed by atoms with Crippen molar-refractivity contribution < 1.29 is 9.42 Å². The van der Waals surface area contributed by atoms with Crippen molar-refractivity contribution in [2.45, 2.75) is 13.3 Å². The number of rotatable bonds is 6. The standard InChI is InChI=1S/C22H25N6O/c1-14-16(18-12-15(29-3)8-9-20(18)26-14)10-11-24-22(23)27-28(2)21-13-25-19-7-5-4-6-17(19)21/h4-9,12-13,25-26H,2,10-11H2,1,3H3,(H3,23,24,27)/q+1. The number of nitrogens with one attached hydrogen (secondary N) is 5. The van der Waals surface area contributed by atoms with Crippen molar-refractivity contribution in [1.29, 1.82) is 5.41 Å². The zero-order valence-corrected chi connectivity index (χ0v) is 16.6. The molecule has 0 unspecified atom stereocenters. The fourth-order valence-corrected chi connectivity index (χ4v) is 3.64. The van der Waals surface area contributed by atoms with Gasteiger partial charge in [0, 0.05) is 23.1 Å². The number of hydrogen-bond acceptors (Lipinski definition) is 2. The summed E-state index contributed by atoms with van der Waals surface area (Å²) in [7, 11) is 1.67. The van der Waals surface area contributed by atoms with Gasteiger partial charge in [0.05, 0.1) is 24.2 Å². The van der Waals surface area contributed by atoms with Crippen LogP contribution in [0.1, 0.15) is 11.3 Å². The maximum absolute atomic E-state index is 8.20. The van der Waals surface area contributed by atoms with Crippen LogP contribution in [0.3, 0.4) is 0 Å². The first kappa shape index (κ1) is 18.6. The Balaban J connectivity index is 1.38. The van der Waals surface area contributed by atoms with E-state index in [1.165, 1.54) is 5.56 Å². The monoisotopic (exact) mass is 389 g/mol. The fourth-order valence-electron chi connectivity index (χ4n) is 3.64. The Morgan fingerprint density at radius 1 is 1.17 bits per heavy atom. The molecule has 0 atom stereocenters. The van der Waals surface area contributed by atoms with E-state index in [1.54, 1.807) is 11.8 Å². The maximum Gasteiger partial charge on any atom is 0.260 e. The number of aromatic nitrogens is 2. The molecule has 0 spiro atoms. The van der Waals surface area contributed by atoms with Gasteiger partial charge in [-0.25, -0.2) is 0 Å². The van der Waals surface area contributed by atoms with Gasteiger partial charge in [0.25, 0.3) is 5.69 Å². The number of para-hydroxylation sites is 1. The van der Waals surface area contributed by atoms with Gasteiger partial charge in [0.1, 0.15) is 5.75 Å². The third-order valence-corrected chi connectivity index (χ3v) is 5.11. The van der Waals surface area contributed by atoms with Crippen LogP contribution in [-0.4, -0.2) is 41.0 Å². The summed E-state index contributed by atoms with van der Waals surface area (Å²) in [6.07, 6.45) is 2.66. The lowest BCUT2D eigenvalue weighted by molar-refractivity contribution is -0.477. The number of aryl methyl sites for hydroxylation is 1. The highest BCUT2D eigenvalue weighted by molar-refractivity contribution is 5.89. The molecule has 0 aliphatic carbocycles. The highest BCUT2D eigenvalue weighted by atomic mass is 16.5. The van der Waals surface area contributed by atoms with Gasteiger partial charge in [0.15, 0.2) is 6.72 Å². The van der Waals surface area contributed by atoms with Crippen molar-refractivity contribution in [3.05, 3.63) is 59.9 Å². The van der Waals surface area contributed by atoms with Crippen molar-refractivity contribution in [1.82, 2.24) is 20.7 Å². The Morgan fingerprint density at radius 2 is 2.00 bits per heavy atom. The fraction of sp³-hybridized carbons (Fsp3) is 0.182. The van der Waals surface area contributed by atoms with Gasteiger partial charge in [-0.05, 0) is 49.2 Å². The van der Waals surface area contributed by atoms with Crippen LogP contribution in [0.2, 0.25) is 0 Å². The number of hydrazone groups is 1. The van der Waals surface area contributed by atoms with E-state index in [1.807, 2.05) is 48.7 Å². The summed E-state index contributed by atoms with van der Waals surface area (Å²) in [5.41, 5.74) is 8.33. The number of fused-ring (bicyclic) bond motifs is 2. The van der Waals surface area contributed by atoms with Crippen molar-refractivity contribution in [3.63, 3.8) is 0 Å². The Hall–Kier alpha value is -3.74. The van der Waals surface area contributed by atoms with Crippen LogP contribution in [0.4, 0.5) is 5.69 Å². The van der Waals surface area contributed by atoms with Crippen LogP contribution in [0.15, 0.2) is 48.7 Å². The van der Waals surface area contributed by atoms with E-state index < -0.39 is 0 Å². The van der Waals surface area contributed by atoms with E-state index in [-0.39, 0.29) is 5.96 Å². The second-order valence-electron chi connectivity index (χ2n) is 6.95. The summed E-state index contributed by atoms with van der Waals surface area (Å²) in [5.74, 6) is 1.03.